The lowest BCUT2D eigenvalue weighted by Crippen LogP contribution is -2.19. The zero-order chi connectivity index (χ0) is 20.5. The molecule has 4 heteroatoms. The van der Waals surface area contributed by atoms with Crippen LogP contribution in [0.2, 0.25) is 0 Å². The number of carbonyl (C=O) groups excluding carboxylic acids is 1. The molecule has 146 valence electrons. The zero-order valence-electron chi connectivity index (χ0n) is 16.7. The van der Waals surface area contributed by atoms with E-state index < -0.39 is 11.8 Å². The number of hydrogen-bond donors (Lipinski definition) is 1. The summed E-state index contributed by atoms with van der Waals surface area (Å²) in [4.78, 5) is 13.0. The van der Waals surface area contributed by atoms with Crippen LogP contribution in [-0.4, -0.2) is 10.6 Å². The summed E-state index contributed by atoms with van der Waals surface area (Å²) in [5.74, 6) is -0.0935. The van der Waals surface area contributed by atoms with Crippen LogP contribution >= 0.6 is 0 Å². The third kappa shape index (κ3) is 3.54. The van der Waals surface area contributed by atoms with Gasteiger partial charge in [-0.3, -0.25) is 4.57 Å². The van der Waals surface area contributed by atoms with E-state index in [1.54, 1.807) is 16.7 Å². The smallest absolute Gasteiger partial charge is 0.304 e. The lowest BCUT2D eigenvalue weighted by Gasteiger charge is -2.12. The van der Waals surface area contributed by atoms with Crippen LogP contribution in [0.1, 0.15) is 30.9 Å². The van der Waals surface area contributed by atoms with Crippen molar-refractivity contribution >= 4 is 22.6 Å². The van der Waals surface area contributed by atoms with Crippen molar-refractivity contribution in [3.8, 4) is 11.1 Å². The first-order valence-electron chi connectivity index (χ1n) is 9.72. The van der Waals surface area contributed by atoms with Gasteiger partial charge in [0, 0.05) is 17.1 Å². The average Bonchev–Trinajstić information content (AvgIpc) is 3.10. The molecule has 4 rings (SSSR count). The van der Waals surface area contributed by atoms with Crippen molar-refractivity contribution < 1.29 is 9.18 Å². The highest BCUT2D eigenvalue weighted by Gasteiger charge is 2.18. The quantitative estimate of drug-likeness (QED) is 0.406. The Hall–Kier alpha value is -3.40. The molecule has 0 atom stereocenters. The first kappa shape index (κ1) is 18.9. The lowest BCUT2D eigenvalue weighted by atomic mass is 9.92. The Morgan fingerprint density at radius 3 is 2.45 bits per heavy atom. The first-order chi connectivity index (χ1) is 14.0. The van der Waals surface area contributed by atoms with Gasteiger partial charge in [-0.05, 0) is 47.7 Å². The molecule has 3 nitrogen and oxygen atoms in total. The van der Waals surface area contributed by atoms with Crippen LogP contribution in [-0.2, 0) is 0 Å². The largest absolute Gasteiger partial charge is 0.330 e. The standard InChI is InChI=1S/C25H23FN2O/c1-16(2)18-8-4-5-9-19(18)21-15-28(24-11-7-6-10-20(21)24)25(29)27-23-13-12-17(3)14-22(23)26/h4-16H,1-3H3,(H,27,29). The Kier molecular flexibility index (Phi) is 4.93. The summed E-state index contributed by atoms with van der Waals surface area (Å²) < 4.78 is 15.8. The van der Waals surface area contributed by atoms with Crippen molar-refractivity contribution in [2.24, 2.45) is 0 Å². The Bertz CT molecular complexity index is 1210. The van der Waals surface area contributed by atoms with Crippen molar-refractivity contribution in [2.75, 3.05) is 5.32 Å². The van der Waals surface area contributed by atoms with E-state index in [0.717, 1.165) is 27.6 Å². The van der Waals surface area contributed by atoms with E-state index in [1.807, 2.05) is 49.5 Å². The highest BCUT2D eigenvalue weighted by Crippen LogP contribution is 2.35. The number of rotatable bonds is 3. The highest BCUT2D eigenvalue weighted by molar-refractivity contribution is 6.05. The van der Waals surface area contributed by atoms with E-state index in [-0.39, 0.29) is 5.69 Å². The third-order valence-electron chi connectivity index (χ3n) is 5.17. The maximum absolute atomic E-state index is 14.2. The molecule has 1 aromatic heterocycles. The van der Waals surface area contributed by atoms with Gasteiger partial charge in [0.1, 0.15) is 5.82 Å². The molecule has 0 saturated carbocycles. The molecule has 1 amide bonds. The number of aromatic nitrogens is 1. The minimum Gasteiger partial charge on any atom is -0.304 e. The second-order valence-corrected chi connectivity index (χ2v) is 7.59. The molecular weight excluding hydrogens is 363 g/mol. The molecular formula is C25H23FN2O. The molecule has 0 bridgehead atoms. The number of fused-ring (bicyclic) bond motifs is 1. The van der Waals surface area contributed by atoms with Crippen LogP contribution in [0.15, 0.2) is 72.9 Å². The van der Waals surface area contributed by atoms with Gasteiger partial charge in [0.15, 0.2) is 0 Å². The summed E-state index contributed by atoms with van der Waals surface area (Å²) in [5.41, 5.74) is 5.07. The van der Waals surface area contributed by atoms with E-state index in [2.05, 4.69) is 31.3 Å². The van der Waals surface area contributed by atoms with Crippen molar-refractivity contribution in [2.45, 2.75) is 26.7 Å². The molecule has 0 unspecified atom stereocenters. The number of nitrogens with zero attached hydrogens (tertiary/aromatic N) is 1. The fourth-order valence-electron chi connectivity index (χ4n) is 3.70. The number of amides is 1. The van der Waals surface area contributed by atoms with Crippen LogP contribution in [0.4, 0.5) is 14.9 Å². The zero-order valence-corrected chi connectivity index (χ0v) is 16.7. The molecule has 0 radical (unpaired) electrons. The van der Waals surface area contributed by atoms with Crippen LogP contribution in [0.3, 0.4) is 0 Å². The summed E-state index contributed by atoms with van der Waals surface area (Å²) in [6.45, 7) is 6.13. The molecule has 0 aliphatic rings. The number of para-hydroxylation sites is 1. The van der Waals surface area contributed by atoms with Gasteiger partial charge < -0.3 is 5.32 Å². The molecule has 3 aromatic carbocycles. The van der Waals surface area contributed by atoms with Crippen LogP contribution in [0, 0.1) is 12.7 Å². The van der Waals surface area contributed by atoms with Gasteiger partial charge in [-0.25, -0.2) is 9.18 Å². The van der Waals surface area contributed by atoms with Crippen LogP contribution in [0.5, 0.6) is 0 Å². The molecule has 29 heavy (non-hydrogen) atoms. The van der Waals surface area contributed by atoms with Crippen molar-refractivity contribution in [3.63, 3.8) is 0 Å². The fraction of sp³-hybridized carbons (Fsp3) is 0.160. The maximum atomic E-state index is 14.2. The van der Waals surface area contributed by atoms with E-state index >= 15 is 0 Å². The second-order valence-electron chi connectivity index (χ2n) is 7.59. The second kappa shape index (κ2) is 7.55. The predicted octanol–water partition coefficient (Wildman–Crippen LogP) is 6.96. The van der Waals surface area contributed by atoms with Crippen molar-refractivity contribution in [3.05, 3.63) is 89.9 Å². The molecule has 0 spiro atoms. The monoisotopic (exact) mass is 386 g/mol. The van der Waals surface area contributed by atoms with Gasteiger partial charge in [0.25, 0.3) is 0 Å². The Labute approximate surface area is 169 Å². The van der Waals surface area contributed by atoms with Crippen LogP contribution < -0.4 is 5.32 Å². The van der Waals surface area contributed by atoms with Gasteiger partial charge in [-0.1, -0.05) is 62.4 Å². The predicted molar refractivity (Wildman–Crippen MR) is 117 cm³/mol. The number of nitrogens with one attached hydrogen (secondary N) is 1. The molecule has 4 aromatic rings. The van der Waals surface area contributed by atoms with Gasteiger partial charge in [-0.15, -0.1) is 0 Å². The van der Waals surface area contributed by atoms with E-state index in [4.69, 9.17) is 0 Å². The maximum Gasteiger partial charge on any atom is 0.330 e. The van der Waals surface area contributed by atoms with E-state index in [9.17, 15) is 9.18 Å². The third-order valence-corrected chi connectivity index (χ3v) is 5.17. The number of halogens is 1. The average molecular weight is 386 g/mol. The van der Waals surface area contributed by atoms with Crippen molar-refractivity contribution in [1.29, 1.82) is 0 Å². The summed E-state index contributed by atoms with van der Waals surface area (Å²) in [5, 5.41) is 3.68. The van der Waals surface area contributed by atoms with Gasteiger partial charge in [0.05, 0.1) is 11.2 Å². The summed E-state index contributed by atoms with van der Waals surface area (Å²) in [7, 11) is 0. The van der Waals surface area contributed by atoms with E-state index in [1.165, 1.54) is 11.6 Å². The summed E-state index contributed by atoms with van der Waals surface area (Å²) in [6.07, 6.45) is 1.84. The first-order valence-corrected chi connectivity index (χ1v) is 9.72. The van der Waals surface area contributed by atoms with Gasteiger partial charge in [0.2, 0.25) is 0 Å². The van der Waals surface area contributed by atoms with Gasteiger partial charge >= 0.3 is 6.03 Å². The minimum absolute atomic E-state index is 0.169. The van der Waals surface area contributed by atoms with Crippen LogP contribution in [0.25, 0.3) is 22.0 Å². The Morgan fingerprint density at radius 1 is 0.966 bits per heavy atom. The summed E-state index contributed by atoms with van der Waals surface area (Å²) in [6, 6.07) is 20.4. The van der Waals surface area contributed by atoms with E-state index in [0.29, 0.717) is 5.92 Å². The molecule has 0 aliphatic heterocycles. The summed E-state index contributed by atoms with van der Waals surface area (Å²) >= 11 is 0. The minimum atomic E-state index is -0.444. The number of carbonyl (C=O) groups is 1. The normalized spacial score (nSPS) is 11.2. The molecule has 0 aliphatic carbocycles. The number of aryl methyl sites for hydroxylation is 1. The Balaban J connectivity index is 1.82. The van der Waals surface area contributed by atoms with Gasteiger partial charge in [-0.2, -0.15) is 0 Å². The van der Waals surface area contributed by atoms with Crippen molar-refractivity contribution in [1.82, 2.24) is 4.57 Å². The highest BCUT2D eigenvalue weighted by atomic mass is 19.1. The number of anilines is 1. The number of hydrogen-bond acceptors (Lipinski definition) is 1. The fourth-order valence-corrected chi connectivity index (χ4v) is 3.70. The molecule has 1 N–H and O–H groups in total. The molecule has 0 fully saturated rings. The number of benzene rings is 3. The Morgan fingerprint density at radius 2 is 1.69 bits per heavy atom. The molecule has 0 saturated heterocycles. The SMILES string of the molecule is Cc1ccc(NC(=O)n2cc(-c3ccccc3C(C)C)c3ccccc32)c(F)c1. The topological polar surface area (TPSA) is 34.0 Å². The lowest BCUT2D eigenvalue weighted by molar-refractivity contribution is 0.254. The molecule has 1 heterocycles.